The summed E-state index contributed by atoms with van der Waals surface area (Å²) in [6.07, 6.45) is 0.229. The van der Waals surface area contributed by atoms with Crippen molar-refractivity contribution in [3.63, 3.8) is 0 Å². The summed E-state index contributed by atoms with van der Waals surface area (Å²) in [5, 5.41) is 11.0. The van der Waals surface area contributed by atoms with E-state index in [1.165, 1.54) is 5.56 Å². The van der Waals surface area contributed by atoms with Gasteiger partial charge in [-0.1, -0.05) is 63.2 Å². The molecule has 1 aromatic heterocycles. The Morgan fingerprint density at radius 1 is 1.04 bits per heavy atom. The van der Waals surface area contributed by atoms with E-state index >= 15 is 0 Å². The van der Waals surface area contributed by atoms with Crippen molar-refractivity contribution < 1.29 is 9.21 Å². The van der Waals surface area contributed by atoms with E-state index in [1.54, 1.807) is 6.92 Å². The van der Waals surface area contributed by atoms with Crippen molar-refractivity contribution in [3.05, 3.63) is 77.5 Å². The number of nitrogens with zero attached hydrogens (tertiary/aromatic N) is 2. The molecule has 140 valence electrons. The van der Waals surface area contributed by atoms with Crippen LogP contribution in [0.15, 0.2) is 59.0 Å². The second-order valence-electron chi connectivity index (χ2n) is 7.70. The largest absolute Gasteiger partial charge is 0.425 e. The van der Waals surface area contributed by atoms with E-state index in [-0.39, 0.29) is 23.7 Å². The molecule has 0 aliphatic heterocycles. The molecule has 0 aliphatic rings. The van der Waals surface area contributed by atoms with Crippen LogP contribution in [0.2, 0.25) is 0 Å². The lowest BCUT2D eigenvalue weighted by Gasteiger charge is -2.19. The summed E-state index contributed by atoms with van der Waals surface area (Å²) in [5.74, 6) is 0.575. The molecular formula is C22H25N3O2. The third-order valence-electron chi connectivity index (χ3n) is 4.47. The van der Waals surface area contributed by atoms with Crippen LogP contribution in [-0.4, -0.2) is 16.1 Å². The SMILES string of the molecule is Cc1nnc(C(CC(=O)Nc2ccc(C(C)(C)C)cc2)c2ccccc2)o1. The van der Waals surface area contributed by atoms with Crippen molar-refractivity contribution >= 4 is 11.6 Å². The number of carbonyl (C=O) groups excluding carboxylic acids is 1. The molecule has 3 rings (SSSR count). The molecule has 1 unspecified atom stereocenters. The average molecular weight is 363 g/mol. The van der Waals surface area contributed by atoms with Gasteiger partial charge in [-0.15, -0.1) is 10.2 Å². The summed E-state index contributed by atoms with van der Waals surface area (Å²) in [7, 11) is 0. The van der Waals surface area contributed by atoms with Crippen LogP contribution in [0.4, 0.5) is 5.69 Å². The van der Waals surface area contributed by atoms with Crippen LogP contribution >= 0.6 is 0 Å². The van der Waals surface area contributed by atoms with E-state index in [9.17, 15) is 4.79 Å². The molecule has 1 atom stereocenters. The number of anilines is 1. The number of carbonyl (C=O) groups is 1. The summed E-state index contributed by atoms with van der Waals surface area (Å²) < 4.78 is 5.60. The van der Waals surface area contributed by atoms with E-state index in [0.717, 1.165) is 11.3 Å². The quantitative estimate of drug-likeness (QED) is 0.704. The van der Waals surface area contributed by atoms with Crippen molar-refractivity contribution in [1.29, 1.82) is 0 Å². The second kappa shape index (κ2) is 7.74. The third kappa shape index (κ3) is 4.82. The molecule has 0 aliphatic carbocycles. The van der Waals surface area contributed by atoms with Gasteiger partial charge < -0.3 is 9.73 Å². The van der Waals surface area contributed by atoms with Gasteiger partial charge in [-0.05, 0) is 28.7 Å². The third-order valence-corrected chi connectivity index (χ3v) is 4.47. The van der Waals surface area contributed by atoms with Gasteiger partial charge in [0.2, 0.25) is 17.7 Å². The molecule has 0 saturated heterocycles. The van der Waals surface area contributed by atoms with Gasteiger partial charge in [0, 0.05) is 19.0 Å². The van der Waals surface area contributed by atoms with E-state index in [0.29, 0.717) is 11.8 Å². The maximum Gasteiger partial charge on any atom is 0.225 e. The summed E-state index contributed by atoms with van der Waals surface area (Å²) in [6, 6.07) is 17.7. The van der Waals surface area contributed by atoms with Crippen LogP contribution in [0, 0.1) is 6.92 Å². The highest BCUT2D eigenvalue weighted by Gasteiger charge is 2.23. The van der Waals surface area contributed by atoms with E-state index in [2.05, 4.69) is 36.3 Å². The van der Waals surface area contributed by atoms with Crippen LogP contribution < -0.4 is 5.32 Å². The minimum atomic E-state index is -0.277. The van der Waals surface area contributed by atoms with Gasteiger partial charge >= 0.3 is 0 Å². The molecule has 2 aromatic carbocycles. The molecule has 0 fully saturated rings. The second-order valence-corrected chi connectivity index (χ2v) is 7.70. The molecule has 0 bridgehead atoms. The molecule has 0 spiro atoms. The molecule has 0 saturated carbocycles. The number of aromatic nitrogens is 2. The molecule has 27 heavy (non-hydrogen) atoms. The summed E-state index contributed by atoms with van der Waals surface area (Å²) in [5.41, 5.74) is 3.06. The summed E-state index contributed by atoms with van der Waals surface area (Å²) >= 11 is 0. The van der Waals surface area contributed by atoms with Crippen LogP contribution in [0.5, 0.6) is 0 Å². The van der Waals surface area contributed by atoms with Crippen molar-refractivity contribution in [2.45, 2.75) is 45.4 Å². The number of benzene rings is 2. The van der Waals surface area contributed by atoms with Crippen LogP contribution in [0.1, 0.15) is 56.0 Å². The first kappa shape index (κ1) is 18.8. The highest BCUT2D eigenvalue weighted by Crippen LogP contribution is 2.28. The van der Waals surface area contributed by atoms with Gasteiger partial charge in [0.1, 0.15) is 0 Å². The minimum Gasteiger partial charge on any atom is -0.425 e. The molecule has 5 nitrogen and oxygen atoms in total. The first-order chi connectivity index (χ1) is 12.8. The van der Waals surface area contributed by atoms with Gasteiger partial charge in [-0.2, -0.15) is 0 Å². The lowest BCUT2D eigenvalue weighted by atomic mass is 9.87. The Morgan fingerprint density at radius 3 is 2.26 bits per heavy atom. The van der Waals surface area contributed by atoms with Gasteiger partial charge in [-0.3, -0.25) is 4.79 Å². The Labute approximate surface area is 159 Å². The minimum absolute atomic E-state index is 0.0801. The van der Waals surface area contributed by atoms with Gasteiger partial charge in [0.15, 0.2) is 0 Å². The predicted molar refractivity (Wildman–Crippen MR) is 106 cm³/mol. The number of hydrogen-bond acceptors (Lipinski definition) is 4. The van der Waals surface area contributed by atoms with Crippen LogP contribution in [0.25, 0.3) is 0 Å². The fourth-order valence-electron chi connectivity index (χ4n) is 2.94. The zero-order valence-corrected chi connectivity index (χ0v) is 16.2. The van der Waals surface area contributed by atoms with E-state index in [4.69, 9.17) is 4.42 Å². The zero-order chi connectivity index (χ0) is 19.4. The molecule has 5 heteroatoms. The monoisotopic (exact) mass is 363 g/mol. The van der Waals surface area contributed by atoms with Crippen molar-refractivity contribution in [3.8, 4) is 0 Å². The van der Waals surface area contributed by atoms with Gasteiger partial charge in [0.25, 0.3) is 0 Å². The molecular weight excluding hydrogens is 338 g/mol. The molecule has 0 radical (unpaired) electrons. The van der Waals surface area contributed by atoms with E-state index < -0.39 is 0 Å². The maximum atomic E-state index is 12.7. The first-order valence-corrected chi connectivity index (χ1v) is 9.08. The highest BCUT2D eigenvalue weighted by molar-refractivity contribution is 5.91. The molecule has 3 aromatic rings. The lowest BCUT2D eigenvalue weighted by molar-refractivity contribution is -0.116. The topological polar surface area (TPSA) is 68.0 Å². The summed E-state index contributed by atoms with van der Waals surface area (Å²) in [6.45, 7) is 8.24. The van der Waals surface area contributed by atoms with Gasteiger partial charge in [0.05, 0.1) is 5.92 Å². The first-order valence-electron chi connectivity index (χ1n) is 9.08. The van der Waals surface area contributed by atoms with Crippen LogP contribution in [0.3, 0.4) is 0 Å². The highest BCUT2D eigenvalue weighted by atomic mass is 16.4. The number of nitrogens with one attached hydrogen (secondary N) is 1. The number of hydrogen-bond donors (Lipinski definition) is 1. The normalized spacial score (nSPS) is 12.6. The Hall–Kier alpha value is -2.95. The molecule has 1 amide bonds. The average Bonchev–Trinajstić information content (AvgIpc) is 3.06. The Kier molecular flexibility index (Phi) is 5.40. The molecule has 1 heterocycles. The zero-order valence-electron chi connectivity index (χ0n) is 16.2. The van der Waals surface area contributed by atoms with E-state index in [1.807, 2.05) is 54.6 Å². The Balaban J connectivity index is 1.75. The molecule has 1 N–H and O–H groups in total. The Bertz CT molecular complexity index is 893. The van der Waals surface area contributed by atoms with Crippen molar-refractivity contribution in [1.82, 2.24) is 10.2 Å². The van der Waals surface area contributed by atoms with Crippen LogP contribution in [-0.2, 0) is 10.2 Å². The van der Waals surface area contributed by atoms with Gasteiger partial charge in [-0.25, -0.2) is 0 Å². The van der Waals surface area contributed by atoms with Crippen molar-refractivity contribution in [2.24, 2.45) is 0 Å². The van der Waals surface area contributed by atoms with Crippen molar-refractivity contribution in [2.75, 3.05) is 5.32 Å². The number of rotatable bonds is 5. The standard InChI is InChI=1S/C22H25N3O2/c1-15-24-25-21(27-15)19(16-8-6-5-7-9-16)14-20(26)23-18-12-10-17(11-13-18)22(2,3)4/h5-13,19H,14H2,1-4H3,(H,23,26). The lowest BCUT2D eigenvalue weighted by Crippen LogP contribution is -2.17. The fourth-order valence-corrected chi connectivity index (χ4v) is 2.94. The fraction of sp³-hybridized carbons (Fsp3) is 0.318. The summed E-state index contributed by atoms with van der Waals surface area (Å²) in [4.78, 5) is 12.7. The maximum absolute atomic E-state index is 12.7. The smallest absolute Gasteiger partial charge is 0.225 e. The number of aryl methyl sites for hydroxylation is 1. The Morgan fingerprint density at radius 2 is 1.70 bits per heavy atom. The number of amides is 1. The predicted octanol–water partition coefficient (Wildman–Crippen LogP) is 4.84.